The molecule has 0 bridgehead atoms. The average molecular weight is 534 g/mol. The van der Waals surface area contributed by atoms with E-state index in [2.05, 4.69) is 5.32 Å². The number of para-hydroxylation sites is 2. The molecule has 204 valence electrons. The molecule has 1 aromatic heterocycles. The molecule has 0 aliphatic carbocycles. The van der Waals surface area contributed by atoms with E-state index in [1.807, 2.05) is 30.3 Å². The van der Waals surface area contributed by atoms with Crippen molar-refractivity contribution in [2.24, 2.45) is 0 Å². The van der Waals surface area contributed by atoms with Crippen molar-refractivity contribution >= 4 is 22.9 Å². The van der Waals surface area contributed by atoms with Crippen molar-refractivity contribution in [3.63, 3.8) is 0 Å². The Kier molecular flexibility index (Phi) is 8.70. The fourth-order valence-electron chi connectivity index (χ4n) is 4.63. The summed E-state index contributed by atoms with van der Waals surface area (Å²) in [4.78, 5) is 37.8. The van der Waals surface area contributed by atoms with E-state index in [0.29, 0.717) is 65.5 Å². The molecule has 9 nitrogen and oxygen atoms in total. The van der Waals surface area contributed by atoms with E-state index in [9.17, 15) is 14.4 Å². The van der Waals surface area contributed by atoms with Crippen LogP contribution in [0.5, 0.6) is 11.5 Å². The summed E-state index contributed by atoms with van der Waals surface area (Å²) in [7, 11) is 2.60. The van der Waals surface area contributed by atoms with E-state index in [1.165, 1.54) is 14.2 Å². The van der Waals surface area contributed by atoms with Gasteiger partial charge >= 0.3 is 17.6 Å². The van der Waals surface area contributed by atoms with Crippen LogP contribution in [0.3, 0.4) is 0 Å². The third-order valence-corrected chi connectivity index (χ3v) is 6.46. The zero-order valence-electron chi connectivity index (χ0n) is 22.4. The maximum Gasteiger partial charge on any atom is 0.379 e. The molecule has 0 radical (unpaired) electrons. The second kappa shape index (κ2) is 12.3. The first-order chi connectivity index (χ1) is 18.8. The third-order valence-electron chi connectivity index (χ3n) is 6.46. The highest BCUT2D eigenvalue weighted by molar-refractivity contribution is 6.00. The molecule has 0 amide bonds. The summed E-state index contributed by atoms with van der Waals surface area (Å²) in [6, 6.07) is 16.2. The van der Waals surface area contributed by atoms with E-state index in [-0.39, 0.29) is 5.75 Å². The van der Waals surface area contributed by atoms with Gasteiger partial charge in [-0.2, -0.15) is 0 Å². The number of rotatable bonds is 10. The molecule has 1 aliphatic rings. The number of dihydropyridines is 1. The number of hydrogen-bond donors (Lipinski definition) is 1. The van der Waals surface area contributed by atoms with Gasteiger partial charge in [-0.15, -0.1) is 0 Å². The zero-order chi connectivity index (χ0) is 27.9. The number of hydrogen-bond acceptors (Lipinski definition) is 9. The van der Waals surface area contributed by atoms with Gasteiger partial charge in [0.1, 0.15) is 11.3 Å². The maximum absolute atomic E-state index is 12.8. The van der Waals surface area contributed by atoms with E-state index < -0.39 is 23.5 Å². The minimum atomic E-state index is -0.738. The van der Waals surface area contributed by atoms with Gasteiger partial charge < -0.3 is 28.7 Å². The van der Waals surface area contributed by atoms with Crippen LogP contribution < -0.4 is 20.4 Å². The Morgan fingerprint density at radius 1 is 0.821 bits per heavy atom. The number of unbranched alkanes of at least 4 members (excludes halogenated alkanes) is 1. The van der Waals surface area contributed by atoms with E-state index in [0.717, 1.165) is 5.39 Å². The SMILES string of the molecule is COC(=O)C1=C(C)NC(C)=C(C(=O)OC)C1c1ccccc1OCCCCOc1cc2ccccc2oc1=O. The first-order valence-corrected chi connectivity index (χ1v) is 12.6. The molecule has 0 saturated heterocycles. The van der Waals surface area contributed by atoms with Crippen molar-refractivity contribution in [3.05, 3.63) is 93.1 Å². The second-order valence-corrected chi connectivity index (χ2v) is 9.00. The van der Waals surface area contributed by atoms with E-state index in [4.69, 9.17) is 23.4 Å². The number of fused-ring (bicyclic) bond motifs is 1. The molecule has 3 aromatic rings. The van der Waals surface area contributed by atoms with Gasteiger partial charge in [0.2, 0.25) is 5.75 Å². The smallest absolute Gasteiger partial charge is 0.379 e. The lowest BCUT2D eigenvalue weighted by Gasteiger charge is -2.31. The van der Waals surface area contributed by atoms with Crippen molar-refractivity contribution in [3.8, 4) is 11.5 Å². The van der Waals surface area contributed by atoms with Crippen LogP contribution in [0.25, 0.3) is 11.0 Å². The Morgan fingerprint density at radius 2 is 1.38 bits per heavy atom. The molecule has 39 heavy (non-hydrogen) atoms. The molecule has 0 atom stereocenters. The quantitative estimate of drug-likeness (QED) is 0.227. The van der Waals surface area contributed by atoms with Gasteiger partial charge in [0, 0.05) is 22.3 Å². The van der Waals surface area contributed by atoms with Crippen LogP contribution in [0.15, 0.2) is 86.3 Å². The number of nitrogens with one attached hydrogen (secondary N) is 1. The Hall–Kier alpha value is -4.53. The predicted molar refractivity (Wildman–Crippen MR) is 144 cm³/mol. The van der Waals surface area contributed by atoms with Gasteiger partial charge in [0.25, 0.3) is 0 Å². The standard InChI is InChI=1S/C30H31NO8/c1-18-25(29(33)35-3)27(26(19(2)31-18)30(34)36-4)21-12-6-8-14-23(21)37-15-9-10-16-38-24-17-20-11-5-7-13-22(20)39-28(24)32/h5-8,11-14,17,27,31H,9-10,15-16H2,1-4H3. The average Bonchev–Trinajstić information content (AvgIpc) is 2.94. The highest BCUT2D eigenvalue weighted by Gasteiger charge is 2.38. The van der Waals surface area contributed by atoms with Crippen LogP contribution in [0.1, 0.15) is 38.2 Å². The zero-order valence-corrected chi connectivity index (χ0v) is 22.4. The van der Waals surface area contributed by atoms with Gasteiger partial charge in [0.05, 0.1) is 44.5 Å². The second-order valence-electron chi connectivity index (χ2n) is 9.00. The lowest BCUT2D eigenvalue weighted by Crippen LogP contribution is -2.32. The Labute approximate surface area is 226 Å². The van der Waals surface area contributed by atoms with Gasteiger partial charge in [-0.05, 0) is 44.9 Å². The molecule has 0 unspecified atom stereocenters. The van der Waals surface area contributed by atoms with Gasteiger partial charge in [-0.3, -0.25) is 0 Å². The summed E-state index contributed by atoms with van der Waals surface area (Å²) < 4.78 is 27.2. The number of esters is 2. The number of carbonyl (C=O) groups is 2. The van der Waals surface area contributed by atoms with Crippen LogP contribution in [0, 0.1) is 0 Å². The highest BCUT2D eigenvalue weighted by atomic mass is 16.5. The molecule has 1 aliphatic heterocycles. The van der Waals surface area contributed by atoms with Gasteiger partial charge in [-0.25, -0.2) is 14.4 Å². The number of ether oxygens (including phenoxy) is 4. The van der Waals surface area contributed by atoms with Crippen molar-refractivity contribution in [1.29, 1.82) is 0 Å². The predicted octanol–water partition coefficient (Wildman–Crippen LogP) is 4.61. The number of carbonyl (C=O) groups excluding carboxylic acids is 2. The summed E-state index contributed by atoms with van der Waals surface area (Å²) in [5, 5.41) is 3.88. The van der Waals surface area contributed by atoms with Crippen molar-refractivity contribution in [1.82, 2.24) is 5.32 Å². The fraction of sp³-hybridized carbons (Fsp3) is 0.300. The van der Waals surface area contributed by atoms with Crippen LogP contribution in [-0.2, 0) is 19.1 Å². The van der Waals surface area contributed by atoms with Crippen LogP contribution in [-0.4, -0.2) is 39.4 Å². The van der Waals surface area contributed by atoms with Crippen molar-refractivity contribution < 1.29 is 33.0 Å². The van der Waals surface area contributed by atoms with Gasteiger partial charge in [-0.1, -0.05) is 36.4 Å². The van der Waals surface area contributed by atoms with E-state index in [1.54, 1.807) is 38.1 Å². The molecule has 2 aromatic carbocycles. The normalized spacial score (nSPS) is 13.7. The number of benzene rings is 2. The van der Waals surface area contributed by atoms with Crippen molar-refractivity contribution in [2.75, 3.05) is 27.4 Å². The molecule has 4 rings (SSSR count). The largest absolute Gasteiger partial charge is 0.493 e. The Bertz CT molecular complexity index is 1460. The summed E-state index contributed by atoms with van der Waals surface area (Å²) in [6.45, 7) is 4.18. The monoisotopic (exact) mass is 533 g/mol. The lowest BCUT2D eigenvalue weighted by atomic mass is 9.80. The number of methoxy groups -OCH3 is 2. The fourth-order valence-corrected chi connectivity index (χ4v) is 4.63. The van der Waals surface area contributed by atoms with Crippen LogP contribution in [0.4, 0.5) is 0 Å². The molecule has 0 spiro atoms. The highest BCUT2D eigenvalue weighted by Crippen LogP contribution is 2.42. The minimum absolute atomic E-state index is 0.167. The van der Waals surface area contributed by atoms with E-state index >= 15 is 0 Å². The summed E-state index contributed by atoms with van der Waals surface area (Å²) in [5.41, 5.74) is 2.42. The molecule has 1 N–H and O–H groups in total. The van der Waals surface area contributed by atoms with Crippen LogP contribution >= 0.6 is 0 Å². The molecular formula is C30H31NO8. The topological polar surface area (TPSA) is 113 Å². The Balaban J connectivity index is 1.46. The first-order valence-electron chi connectivity index (χ1n) is 12.6. The van der Waals surface area contributed by atoms with Crippen molar-refractivity contribution in [2.45, 2.75) is 32.6 Å². The summed E-state index contributed by atoms with van der Waals surface area (Å²) in [6.07, 6.45) is 1.26. The number of allylic oxidation sites excluding steroid dienone is 2. The summed E-state index contributed by atoms with van der Waals surface area (Å²) in [5.74, 6) is -1.14. The minimum Gasteiger partial charge on any atom is -0.493 e. The molecule has 0 fully saturated rings. The maximum atomic E-state index is 12.8. The first kappa shape index (κ1) is 27.5. The molecule has 0 saturated carbocycles. The molecule has 9 heteroatoms. The van der Waals surface area contributed by atoms with Crippen LogP contribution in [0.2, 0.25) is 0 Å². The molecular weight excluding hydrogens is 502 g/mol. The third kappa shape index (κ3) is 5.98. The lowest BCUT2D eigenvalue weighted by molar-refractivity contribution is -0.137. The van der Waals surface area contributed by atoms with Gasteiger partial charge in [0.15, 0.2) is 0 Å². The summed E-state index contributed by atoms with van der Waals surface area (Å²) >= 11 is 0. The Morgan fingerprint density at radius 3 is 2.03 bits per heavy atom. The molecule has 2 heterocycles.